The molecule has 126 valence electrons. The van der Waals surface area contributed by atoms with Crippen LogP contribution in [0.25, 0.3) is 0 Å². The van der Waals surface area contributed by atoms with Crippen molar-refractivity contribution in [2.75, 3.05) is 32.7 Å². The van der Waals surface area contributed by atoms with E-state index in [4.69, 9.17) is 17.3 Å². The van der Waals surface area contributed by atoms with Gasteiger partial charge >= 0.3 is 0 Å². The first-order valence-corrected chi connectivity index (χ1v) is 7.43. The summed E-state index contributed by atoms with van der Waals surface area (Å²) in [5, 5.41) is 0.764. The van der Waals surface area contributed by atoms with E-state index in [0.717, 1.165) is 37.7 Å². The number of piperazine rings is 1. The van der Waals surface area contributed by atoms with E-state index >= 15 is 0 Å². The lowest BCUT2D eigenvalue weighted by Gasteiger charge is -2.35. The quantitative estimate of drug-likeness (QED) is 0.888. The molecule has 0 saturated carbocycles. The Morgan fingerprint density at radius 3 is 2.23 bits per heavy atom. The maximum atomic E-state index is 12.0. The minimum Gasteiger partial charge on any atom is -0.340 e. The summed E-state index contributed by atoms with van der Waals surface area (Å²) in [6.45, 7) is 6.61. The van der Waals surface area contributed by atoms with Crippen molar-refractivity contribution in [3.8, 4) is 0 Å². The Bertz CT molecular complexity index is 448. The van der Waals surface area contributed by atoms with Gasteiger partial charge in [-0.2, -0.15) is 0 Å². The number of amides is 1. The van der Waals surface area contributed by atoms with Crippen molar-refractivity contribution in [3.05, 3.63) is 34.9 Å². The molecular weight excluding hydrogens is 345 g/mol. The van der Waals surface area contributed by atoms with E-state index in [-0.39, 0.29) is 36.6 Å². The Kier molecular flexibility index (Phi) is 10.0. The summed E-state index contributed by atoms with van der Waals surface area (Å²) in [6.07, 6.45) is 0. The van der Waals surface area contributed by atoms with E-state index < -0.39 is 0 Å². The fraction of sp³-hybridized carbons (Fsp3) is 0.533. The van der Waals surface area contributed by atoms with Crippen LogP contribution >= 0.6 is 36.4 Å². The molecule has 22 heavy (non-hydrogen) atoms. The molecule has 0 spiro atoms. The van der Waals surface area contributed by atoms with Gasteiger partial charge in [-0.15, -0.1) is 24.8 Å². The van der Waals surface area contributed by atoms with Gasteiger partial charge in [-0.3, -0.25) is 9.69 Å². The number of carbonyl (C=O) groups excluding carboxylic acids is 1. The van der Waals surface area contributed by atoms with Crippen LogP contribution in [0, 0.1) is 5.92 Å². The number of hydrogen-bond donors (Lipinski definition) is 1. The fourth-order valence-corrected chi connectivity index (χ4v) is 2.51. The van der Waals surface area contributed by atoms with Gasteiger partial charge < -0.3 is 10.6 Å². The molecule has 1 unspecified atom stereocenters. The molecule has 7 heteroatoms. The van der Waals surface area contributed by atoms with E-state index in [1.165, 1.54) is 5.56 Å². The number of carbonyl (C=O) groups is 1. The summed E-state index contributed by atoms with van der Waals surface area (Å²) >= 11 is 5.88. The van der Waals surface area contributed by atoms with Crippen LogP contribution in [-0.2, 0) is 11.3 Å². The van der Waals surface area contributed by atoms with Crippen molar-refractivity contribution in [2.24, 2.45) is 11.7 Å². The molecule has 0 aromatic heterocycles. The lowest BCUT2D eigenvalue weighted by atomic mass is 10.1. The number of halogens is 3. The van der Waals surface area contributed by atoms with E-state index in [1.807, 2.05) is 24.0 Å². The minimum absolute atomic E-state index is 0. The Balaban J connectivity index is 0.00000220. The number of rotatable bonds is 4. The molecule has 0 radical (unpaired) electrons. The molecule has 0 bridgehead atoms. The van der Waals surface area contributed by atoms with Crippen LogP contribution in [0.3, 0.4) is 0 Å². The summed E-state index contributed by atoms with van der Waals surface area (Å²) in [5.74, 6) is 0.108. The molecule has 1 fully saturated rings. The van der Waals surface area contributed by atoms with Crippen molar-refractivity contribution in [1.29, 1.82) is 0 Å². The molecule has 1 atom stereocenters. The Labute approximate surface area is 149 Å². The van der Waals surface area contributed by atoms with Gasteiger partial charge in [0.1, 0.15) is 0 Å². The van der Waals surface area contributed by atoms with E-state index in [9.17, 15) is 4.79 Å². The second-order valence-electron chi connectivity index (χ2n) is 5.36. The predicted octanol–water partition coefficient (Wildman–Crippen LogP) is 2.42. The van der Waals surface area contributed by atoms with Gasteiger partial charge in [0.2, 0.25) is 5.91 Å². The third-order valence-corrected chi connectivity index (χ3v) is 4.03. The zero-order chi connectivity index (χ0) is 14.5. The van der Waals surface area contributed by atoms with Gasteiger partial charge in [-0.1, -0.05) is 30.7 Å². The van der Waals surface area contributed by atoms with Crippen molar-refractivity contribution in [3.63, 3.8) is 0 Å². The van der Waals surface area contributed by atoms with Gasteiger partial charge in [-0.25, -0.2) is 0 Å². The molecule has 1 heterocycles. The predicted molar refractivity (Wildman–Crippen MR) is 96.0 cm³/mol. The van der Waals surface area contributed by atoms with Crippen molar-refractivity contribution >= 4 is 42.3 Å². The summed E-state index contributed by atoms with van der Waals surface area (Å²) in [5.41, 5.74) is 6.81. The zero-order valence-corrected chi connectivity index (χ0v) is 15.1. The first-order valence-electron chi connectivity index (χ1n) is 7.06. The van der Waals surface area contributed by atoms with Crippen LogP contribution in [0.5, 0.6) is 0 Å². The smallest absolute Gasteiger partial charge is 0.226 e. The first kappa shape index (κ1) is 21.5. The summed E-state index contributed by atoms with van der Waals surface area (Å²) in [7, 11) is 0. The highest BCUT2D eigenvalue weighted by Crippen LogP contribution is 2.13. The normalized spacial score (nSPS) is 16.4. The third-order valence-electron chi connectivity index (χ3n) is 3.78. The van der Waals surface area contributed by atoms with Gasteiger partial charge in [-0.05, 0) is 17.7 Å². The van der Waals surface area contributed by atoms with Crippen molar-refractivity contribution in [1.82, 2.24) is 9.80 Å². The maximum absolute atomic E-state index is 12.0. The van der Waals surface area contributed by atoms with Crippen LogP contribution in [0.2, 0.25) is 5.02 Å². The van der Waals surface area contributed by atoms with Gasteiger partial charge in [0.05, 0.1) is 0 Å². The van der Waals surface area contributed by atoms with Crippen molar-refractivity contribution in [2.45, 2.75) is 13.5 Å². The van der Waals surface area contributed by atoms with Crippen LogP contribution in [0.1, 0.15) is 12.5 Å². The maximum Gasteiger partial charge on any atom is 0.226 e. The minimum atomic E-state index is -0.0715. The lowest BCUT2D eigenvalue weighted by Crippen LogP contribution is -2.50. The monoisotopic (exact) mass is 367 g/mol. The van der Waals surface area contributed by atoms with Crippen LogP contribution in [0.4, 0.5) is 0 Å². The SMILES string of the molecule is CC(CN)C(=O)N1CCN(Cc2ccc(Cl)cc2)CC1.Cl.Cl. The topological polar surface area (TPSA) is 49.6 Å². The molecule has 0 aliphatic carbocycles. The number of nitrogens with two attached hydrogens (primary N) is 1. The molecule has 1 aromatic rings. The molecular formula is C15H24Cl3N3O. The third kappa shape index (κ3) is 5.94. The largest absolute Gasteiger partial charge is 0.340 e. The summed E-state index contributed by atoms with van der Waals surface area (Å²) < 4.78 is 0. The summed E-state index contributed by atoms with van der Waals surface area (Å²) in [4.78, 5) is 16.3. The Morgan fingerprint density at radius 2 is 1.73 bits per heavy atom. The standard InChI is InChI=1S/C15H22ClN3O.2ClH/c1-12(10-17)15(20)19-8-6-18(7-9-19)11-13-2-4-14(16)5-3-13;;/h2-5,12H,6-11,17H2,1H3;2*1H. The van der Waals surface area contributed by atoms with E-state index in [0.29, 0.717) is 6.54 Å². The average molecular weight is 369 g/mol. The highest BCUT2D eigenvalue weighted by molar-refractivity contribution is 6.30. The molecule has 4 nitrogen and oxygen atoms in total. The van der Waals surface area contributed by atoms with Crippen LogP contribution in [0.15, 0.2) is 24.3 Å². The van der Waals surface area contributed by atoms with Crippen molar-refractivity contribution < 1.29 is 4.79 Å². The first-order chi connectivity index (χ1) is 9.60. The highest BCUT2D eigenvalue weighted by atomic mass is 35.5. The fourth-order valence-electron chi connectivity index (χ4n) is 2.39. The number of hydrogen-bond acceptors (Lipinski definition) is 3. The molecule has 1 aliphatic heterocycles. The summed E-state index contributed by atoms with van der Waals surface area (Å²) in [6, 6.07) is 7.94. The lowest BCUT2D eigenvalue weighted by molar-refractivity contribution is -0.136. The number of nitrogens with zero attached hydrogens (tertiary/aromatic N) is 2. The molecule has 2 N–H and O–H groups in total. The average Bonchev–Trinajstić information content (AvgIpc) is 2.49. The Hall–Kier alpha value is -0.520. The van der Waals surface area contributed by atoms with Gasteiger partial charge in [0.15, 0.2) is 0 Å². The van der Waals surface area contributed by atoms with Crippen LogP contribution in [-0.4, -0.2) is 48.4 Å². The highest BCUT2D eigenvalue weighted by Gasteiger charge is 2.23. The molecule has 1 saturated heterocycles. The molecule has 2 rings (SSSR count). The Morgan fingerprint density at radius 1 is 1.18 bits per heavy atom. The van der Waals surface area contributed by atoms with Gasteiger partial charge in [0, 0.05) is 50.2 Å². The number of benzene rings is 1. The molecule has 1 amide bonds. The van der Waals surface area contributed by atoms with Crippen LogP contribution < -0.4 is 5.73 Å². The molecule has 1 aliphatic rings. The second-order valence-corrected chi connectivity index (χ2v) is 5.80. The van der Waals surface area contributed by atoms with E-state index in [1.54, 1.807) is 0 Å². The van der Waals surface area contributed by atoms with E-state index in [2.05, 4.69) is 17.0 Å². The molecule has 1 aromatic carbocycles. The second kappa shape index (κ2) is 10.3. The zero-order valence-electron chi connectivity index (χ0n) is 12.7. The van der Waals surface area contributed by atoms with Gasteiger partial charge in [0.25, 0.3) is 0 Å².